The quantitative estimate of drug-likeness (QED) is 0.618. The molecule has 1 unspecified atom stereocenters. The molecule has 32 heavy (non-hydrogen) atoms. The van der Waals surface area contributed by atoms with Gasteiger partial charge in [-0.05, 0) is 29.8 Å². The number of β-amino-alcohol motifs (C(OH)–C–C–N with tert-alkyl or cyclic N) is 1. The van der Waals surface area contributed by atoms with Crippen LogP contribution < -0.4 is 5.56 Å². The van der Waals surface area contributed by atoms with Crippen molar-refractivity contribution in [2.45, 2.75) is 24.6 Å². The number of alkyl halides is 5. The Labute approximate surface area is 177 Å². The molecule has 11 heteroatoms. The summed E-state index contributed by atoms with van der Waals surface area (Å²) in [5.74, 6) is -0.556. The minimum absolute atomic E-state index is 0.0300. The molecule has 0 spiro atoms. The average Bonchev–Trinajstić information content (AvgIpc) is 3.16. The van der Waals surface area contributed by atoms with E-state index in [1.807, 2.05) is 0 Å². The highest BCUT2D eigenvalue weighted by Crippen LogP contribution is 2.31. The second-order valence-electron chi connectivity index (χ2n) is 7.55. The maximum Gasteiger partial charge on any atom is 0.433 e. The molecular weight excluding hydrogens is 437 g/mol. The monoisotopic (exact) mass is 453 g/mol. The number of hydrogen-bond donors (Lipinski definition) is 1. The smallest absolute Gasteiger partial charge is 0.382 e. The lowest BCUT2D eigenvalue weighted by molar-refractivity contribution is -0.141. The molecule has 1 N–H and O–H groups in total. The molecule has 3 aromatic rings. The Bertz CT molecular complexity index is 1240. The van der Waals surface area contributed by atoms with Crippen molar-refractivity contribution in [1.29, 1.82) is 0 Å². The van der Waals surface area contributed by atoms with Gasteiger partial charge >= 0.3 is 6.18 Å². The van der Waals surface area contributed by atoms with Crippen LogP contribution in [0.5, 0.6) is 0 Å². The number of fused-ring (bicyclic) bond motifs is 1. The molecule has 1 aliphatic rings. The van der Waals surface area contributed by atoms with E-state index < -0.39 is 41.9 Å². The van der Waals surface area contributed by atoms with E-state index in [2.05, 4.69) is 4.98 Å². The molecule has 1 fully saturated rings. The maximum absolute atomic E-state index is 13.1. The molecule has 1 aliphatic heterocycles. The predicted molar refractivity (Wildman–Crippen MR) is 103 cm³/mol. The number of aliphatic hydroxyl groups is 1. The lowest BCUT2D eigenvalue weighted by Crippen LogP contribution is -2.41. The van der Waals surface area contributed by atoms with Gasteiger partial charge in [-0.3, -0.25) is 14.0 Å². The number of halogens is 5. The highest BCUT2D eigenvalue weighted by molar-refractivity contribution is 5.95. The van der Waals surface area contributed by atoms with E-state index in [0.717, 1.165) is 9.30 Å². The van der Waals surface area contributed by atoms with E-state index in [0.29, 0.717) is 11.6 Å². The Morgan fingerprint density at radius 3 is 2.44 bits per heavy atom. The highest BCUT2D eigenvalue weighted by atomic mass is 19.4. The summed E-state index contributed by atoms with van der Waals surface area (Å²) in [5.41, 5.74) is -3.85. The van der Waals surface area contributed by atoms with E-state index in [9.17, 15) is 36.6 Å². The fraction of sp³-hybridized carbons (Fsp3) is 0.286. The van der Waals surface area contributed by atoms with Crippen LogP contribution in [0.4, 0.5) is 22.0 Å². The van der Waals surface area contributed by atoms with Gasteiger partial charge in [0.15, 0.2) is 5.69 Å². The molecule has 2 aromatic heterocycles. The van der Waals surface area contributed by atoms with Crippen LogP contribution in [0.1, 0.15) is 22.5 Å². The van der Waals surface area contributed by atoms with Crippen LogP contribution in [-0.4, -0.2) is 50.4 Å². The summed E-state index contributed by atoms with van der Waals surface area (Å²) in [5, 5.41) is 9.87. The average molecular weight is 453 g/mol. The summed E-state index contributed by atoms with van der Waals surface area (Å²) in [6.07, 6.45) is -6.73. The molecule has 0 radical (unpaired) electrons. The van der Waals surface area contributed by atoms with Crippen molar-refractivity contribution in [1.82, 2.24) is 14.3 Å². The van der Waals surface area contributed by atoms with E-state index in [-0.39, 0.29) is 29.7 Å². The Balaban J connectivity index is 1.67. The van der Waals surface area contributed by atoms with E-state index in [1.165, 1.54) is 42.6 Å². The third-order valence-corrected chi connectivity index (χ3v) is 5.40. The Hall–Kier alpha value is -3.34. The molecule has 4 rings (SSSR count). The molecule has 1 amide bonds. The number of likely N-dealkylation sites (tertiary alicyclic amines) is 1. The molecule has 0 bridgehead atoms. The molecule has 6 nitrogen and oxygen atoms in total. The third-order valence-electron chi connectivity index (χ3n) is 5.40. The van der Waals surface area contributed by atoms with Crippen molar-refractivity contribution in [3.05, 3.63) is 70.3 Å². The van der Waals surface area contributed by atoms with Crippen molar-refractivity contribution < 1.29 is 31.9 Å². The number of amides is 1. The Kier molecular flexibility index (Phi) is 5.24. The Morgan fingerprint density at radius 2 is 1.84 bits per heavy atom. The second-order valence-corrected chi connectivity index (χ2v) is 7.55. The molecular formula is C21H16F5N3O3. The van der Waals surface area contributed by atoms with Crippen LogP contribution in [-0.2, 0) is 6.18 Å². The first-order valence-electron chi connectivity index (χ1n) is 9.49. The van der Waals surface area contributed by atoms with Gasteiger partial charge in [0, 0.05) is 36.4 Å². The lowest BCUT2D eigenvalue weighted by atomic mass is 10.0. The van der Waals surface area contributed by atoms with E-state index >= 15 is 0 Å². The summed E-state index contributed by atoms with van der Waals surface area (Å²) in [6, 6.07) is 9.10. The van der Waals surface area contributed by atoms with Gasteiger partial charge in [-0.1, -0.05) is 12.1 Å². The Morgan fingerprint density at radius 1 is 1.16 bits per heavy atom. The largest absolute Gasteiger partial charge is 0.433 e. The van der Waals surface area contributed by atoms with Gasteiger partial charge in [-0.25, -0.2) is 13.8 Å². The first-order chi connectivity index (χ1) is 15.0. The van der Waals surface area contributed by atoms with Gasteiger partial charge in [0.1, 0.15) is 11.2 Å². The standard InChI is InChI=1S/C21H16F5N3O3/c22-19(23)20(32)7-9-28(11-20)18(31)13-5-3-12(4-6-13)14-2-1-8-29-16(30)10-15(21(24,25)26)27-17(14)29/h1-6,8,10,19,32H,7,9,11H2. The predicted octanol–water partition coefficient (Wildman–Crippen LogP) is 3.22. The topological polar surface area (TPSA) is 74.9 Å². The molecule has 3 heterocycles. The van der Waals surface area contributed by atoms with Crippen LogP contribution in [0.15, 0.2) is 53.5 Å². The number of nitrogens with zero attached hydrogens (tertiary/aromatic N) is 3. The molecule has 0 saturated carbocycles. The molecule has 1 aromatic carbocycles. The summed E-state index contributed by atoms with van der Waals surface area (Å²) in [7, 11) is 0. The summed E-state index contributed by atoms with van der Waals surface area (Å²) in [6.45, 7) is -0.528. The first kappa shape index (κ1) is 21.9. The molecule has 0 aliphatic carbocycles. The third kappa shape index (κ3) is 3.83. The number of carbonyl (C=O) groups excluding carboxylic acids is 1. The second kappa shape index (κ2) is 7.66. The lowest BCUT2D eigenvalue weighted by Gasteiger charge is -2.22. The van der Waals surface area contributed by atoms with E-state index in [1.54, 1.807) is 0 Å². The number of aromatic nitrogens is 2. The molecule has 168 valence electrons. The summed E-state index contributed by atoms with van der Waals surface area (Å²) >= 11 is 0. The van der Waals surface area contributed by atoms with Crippen molar-refractivity contribution in [3.8, 4) is 11.1 Å². The fourth-order valence-corrected chi connectivity index (χ4v) is 3.64. The summed E-state index contributed by atoms with van der Waals surface area (Å²) in [4.78, 5) is 29.4. The number of pyridine rings is 1. The molecule has 1 saturated heterocycles. The SMILES string of the molecule is O=C(c1ccc(-c2cccn3c(=O)cc(C(F)(F)F)nc23)cc1)N1CCC(O)(C(F)F)C1. The van der Waals surface area contributed by atoms with Gasteiger partial charge < -0.3 is 10.0 Å². The minimum atomic E-state index is -4.80. The zero-order valence-electron chi connectivity index (χ0n) is 16.3. The van der Waals surface area contributed by atoms with Crippen LogP contribution in [0.3, 0.4) is 0 Å². The number of rotatable bonds is 3. The number of carbonyl (C=O) groups is 1. The van der Waals surface area contributed by atoms with Gasteiger partial charge in [0.05, 0.1) is 6.54 Å². The van der Waals surface area contributed by atoms with Crippen LogP contribution in [0, 0.1) is 0 Å². The maximum atomic E-state index is 13.1. The number of benzene rings is 1. The first-order valence-corrected chi connectivity index (χ1v) is 9.49. The van der Waals surface area contributed by atoms with Crippen LogP contribution in [0.2, 0.25) is 0 Å². The van der Waals surface area contributed by atoms with Crippen molar-refractivity contribution >= 4 is 11.6 Å². The fourth-order valence-electron chi connectivity index (χ4n) is 3.64. The number of hydrogen-bond acceptors (Lipinski definition) is 4. The normalized spacial score (nSPS) is 19.2. The van der Waals surface area contributed by atoms with Crippen LogP contribution in [0.25, 0.3) is 16.8 Å². The van der Waals surface area contributed by atoms with Crippen molar-refractivity contribution in [2.75, 3.05) is 13.1 Å². The van der Waals surface area contributed by atoms with Crippen molar-refractivity contribution in [2.24, 2.45) is 0 Å². The van der Waals surface area contributed by atoms with Gasteiger partial charge in [0.2, 0.25) is 0 Å². The van der Waals surface area contributed by atoms with E-state index in [4.69, 9.17) is 0 Å². The van der Waals surface area contributed by atoms with Gasteiger partial charge in [-0.15, -0.1) is 0 Å². The minimum Gasteiger partial charge on any atom is -0.382 e. The highest BCUT2D eigenvalue weighted by Gasteiger charge is 2.45. The zero-order chi connectivity index (χ0) is 23.3. The van der Waals surface area contributed by atoms with Crippen LogP contribution >= 0.6 is 0 Å². The zero-order valence-corrected chi connectivity index (χ0v) is 16.3. The van der Waals surface area contributed by atoms with Gasteiger partial charge in [0.25, 0.3) is 17.9 Å². The molecule has 1 atom stereocenters. The summed E-state index contributed by atoms with van der Waals surface area (Å²) < 4.78 is 66.3. The van der Waals surface area contributed by atoms with Crippen molar-refractivity contribution in [3.63, 3.8) is 0 Å². The van der Waals surface area contributed by atoms with Gasteiger partial charge in [-0.2, -0.15) is 13.2 Å².